The molecule has 0 aliphatic heterocycles. The third-order valence-electron chi connectivity index (χ3n) is 5.48. The Morgan fingerprint density at radius 3 is 1.97 bits per heavy atom. The second kappa shape index (κ2) is 9.64. The summed E-state index contributed by atoms with van der Waals surface area (Å²) < 4.78 is 10.1. The van der Waals surface area contributed by atoms with E-state index in [4.69, 9.17) is 4.74 Å². The molecule has 2 aromatic carbocycles. The Balaban J connectivity index is 1.65. The molecule has 0 fully saturated rings. The van der Waals surface area contributed by atoms with Crippen LogP contribution in [-0.4, -0.2) is 43.8 Å². The summed E-state index contributed by atoms with van der Waals surface area (Å²) in [7, 11) is 1.25. The van der Waals surface area contributed by atoms with Crippen LogP contribution in [0.4, 0.5) is 4.79 Å². The van der Waals surface area contributed by atoms with Crippen LogP contribution >= 0.6 is 0 Å². The summed E-state index contributed by atoms with van der Waals surface area (Å²) in [5.74, 6) is -1.30. The van der Waals surface area contributed by atoms with Crippen molar-refractivity contribution < 1.29 is 23.9 Å². The Kier molecular flexibility index (Phi) is 6.95. The molecule has 0 heterocycles. The van der Waals surface area contributed by atoms with Gasteiger partial charge in [-0.25, -0.2) is 9.59 Å². The second-order valence-electron chi connectivity index (χ2n) is 7.95. The highest BCUT2D eigenvalue weighted by Crippen LogP contribution is 2.44. The Labute approximate surface area is 182 Å². The molecule has 2 aromatic rings. The average molecular weight is 424 g/mol. The number of carbonyl (C=O) groups excluding carboxylic acids is 3. The van der Waals surface area contributed by atoms with Crippen molar-refractivity contribution in [3.05, 3.63) is 59.7 Å². The topological polar surface area (TPSA) is 93.7 Å². The molecular formula is C24H28N2O5. The van der Waals surface area contributed by atoms with Crippen molar-refractivity contribution in [3.8, 4) is 11.1 Å². The van der Waals surface area contributed by atoms with Crippen LogP contribution in [0.5, 0.6) is 0 Å². The summed E-state index contributed by atoms with van der Waals surface area (Å²) in [6.07, 6.45) is -0.679. The van der Waals surface area contributed by atoms with Gasteiger partial charge in [-0.05, 0) is 35.1 Å². The number of methoxy groups -OCH3 is 1. The number of hydrogen-bond acceptors (Lipinski definition) is 5. The second-order valence-corrected chi connectivity index (χ2v) is 7.95. The first-order chi connectivity index (χ1) is 14.8. The van der Waals surface area contributed by atoms with Gasteiger partial charge in [0.2, 0.25) is 5.91 Å². The van der Waals surface area contributed by atoms with Gasteiger partial charge in [0, 0.05) is 5.92 Å². The van der Waals surface area contributed by atoms with Crippen LogP contribution in [0.2, 0.25) is 0 Å². The van der Waals surface area contributed by atoms with E-state index in [2.05, 4.69) is 27.5 Å². The number of carbonyl (C=O) groups is 3. The van der Waals surface area contributed by atoms with E-state index < -0.39 is 30.1 Å². The number of fused-ring (bicyclic) bond motifs is 3. The molecule has 2 unspecified atom stereocenters. The predicted molar refractivity (Wildman–Crippen MR) is 116 cm³/mol. The Hall–Kier alpha value is -3.35. The van der Waals surface area contributed by atoms with Crippen molar-refractivity contribution in [2.45, 2.75) is 38.8 Å². The van der Waals surface area contributed by atoms with Gasteiger partial charge in [0.1, 0.15) is 18.7 Å². The van der Waals surface area contributed by atoms with Gasteiger partial charge in [-0.2, -0.15) is 0 Å². The predicted octanol–water partition coefficient (Wildman–Crippen LogP) is 3.23. The first-order valence-electron chi connectivity index (χ1n) is 10.3. The number of hydrogen-bond donors (Lipinski definition) is 2. The summed E-state index contributed by atoms with van der Waals surface area (Å²) in [5.41, 5.74) is 4.51. The fourth-order valence-corrected chi connectivity index (χ4v) is 3.84. The number of amides is 2. The van der Waals surface area contributed by atoms with Gasteiger partial charge in [0.15, 0.2) is 0 Å². The lowest BCUT2D eigenvalue weighted by Crippen LogP contribution is -2.53. The van der Waals surface area contributed by atoms with E-state index in [1.54, 1.807) is 13.8 Å². The number of nitrogens with one attached hydrogen (secondary N) is 2. The van der Waals surface area contributed by atoms with Crippen molar-refractivity contribution in [3.63, 3.8) is 0 Å². The van der Waals surface area contributed by atoms with E-state index in [0.717, 1.165) is 22.3 Å². The highest BCUT2D eigenvalue weighted by atomic mass is 16.5. The van der Waals surface area contributed by atoms with E-state index >= 15 is 0 Å². The van der Waals surface area contributed by atoms with E-state index in [9.17, 15) is 14.4 Å². The fraction of sp³-hybridized carbons (Fsp3) is 0.375. The van der Waals surface area contributed by atoms with Crippen LogP contribution in [0.15, 0.2) is 48.5 Å². The minimum absolute atomic E-state index is 0.0659. The molecule has 31 heavy (non-hydrogen) atoms. The molecule has 0 aromatic heterocycles. The number of alkyl carbamates (subject to hydrolysis) is 1. The van der Waals surface area contributed by atoms with Crippen molar-refractivity contribution in [1.29, 1.82) is 0 Å². The third-order valence-corrected chi connectivity index (χ3v) is 5.48. The Bertz CT molecular complexity index is 926. The van der Waals surface area contributed by atoms with Crippen LogP contribution < -0.4 is 10.6 Å². The van der Waals surface area contributed by atoms with Gasteiger partial charge in [-0.15, -0.1) is 0 Å². The fourth-order valence-electron chi connectivity index (χ4n) is 3.84. The summed E-state index contributed by atoms with van der Waals surface area (Å²) in [6, 6.07) is 14.5. The standard InChI is InChI=1S/C24H28N2O5/c1-14(2)21(22(27)25-15(3)23(28)30-4)26-24(29)31-13-20-18-11-7-5-9-16(18)17-10-6-8-12-19(17)20/h5-12,14-15,20-21H,13H2,1-4H3,(H,25,27)(H,26,29). The first-order valence-corrected chi connectivity index (χ1v) is 10.3. The maximum absolute atomic E-state index is 12.5. The normalized spacial score (nSPS) is 14.2. The van der Waals surface area contributed by atoms with Crippen LogP contribution in [-0.2, 0) is 19.1 Å². The van der Waals surface area contributed by atoms with Gasteiger partial charge in [0.05, 0.1) is 7.11 Å². The third kappa shape index (κ3) is 4.87. The van der Waals surface area contributed by atoms with E-state index in [-0.39, 0.29) is 18.4 Å². The number of esters is 1. The lowest BCUT2D eigenvalue weighted by Gasteiger charge is -2.23. The lowest BCUT2D eigenvalue weighted by molar-refractivity contribution is -0.144. The van der Waals surface area contributed by atoms with Crippen molar-refractivity contribution in [1.82, 2.24) is 10.6 Å². The summed E-state index contributed by atoms with van der Waals surface area (Å²) in [5, 5.41) is 5.18. The van der Waals surface area contributed by atoms with E-state index in [1.807, 2.05) is 36.4 Å². The molecular weight excluding hydrogens is 396 g/mol. The molecule has 0 spiro atoms. The Morgan fingerprint density at radius 2 is 1.45 bits per heavy atom. The minimum Gasteiger partial charge on any atom is -0.467 e. The van der Waals surface area contributed by atoms with Crippen LogP contribution in [0.3, 0.4) is 0 Å². The molecule has 0 bridgehead atoms. The molecule has 3 rings (SSSR count). The maximum atomic E-state index is 12.5. The molecule has 2 atom stereocenters. The minimum atomic E-state index is -0.845. The lowest BCUT2D eigenvalue weighted by atomic mass is 9.98. The van der Waals surface area contributed by atoms with Gasteiger partial charge in [-0.1, -0.05) is 62.4 Å². The van der Waals surface area contributed by atoms with Crippen molar-refractivity contribution >= 4 is 18.0 Å². The molecule has 164 valence electrons. The summed E-state index contributed by atoms with van der Waals surface area (Å²) in [6.45, 7) is 5.28. The molecule has 7 nitrogen and oxygen atoms in total. The zero-order valence-electron chi connectivity index (χ0n) is 18.2. The largest absolute Gasteiger partial charge is 0.467 e. The van der Waals surface area contributed by atoms with E-state index in [1.165, 1.54) is 14.0 Å². The number of rotatable bonds is 7. The first kappa shape index (κ1) is 22.3. The highest BCUT2D eigenvalue weighted by Gasteiger charge is 2.31. The van der Waals surface area contributed by atoms with Gasteiger partial charge >= 0.3 is 12.1 Å². The Morgan fingerprint density at radius 1 is 0.903 bits per heavy atom. The maximum Gasteiger partial charge on any atom is 0.407 e. The molecule has 2 N–H and O–H groups in total. The average Bonchev–Trinajstić information content (AvgIpc) is 3.08. The van der Waals surface area contributed by atoms with Crippen LogP contribution in [0.1, 0.15) is 37.8 Å². The molecule has 2 amide bonds. The van der Waals surface area contributed by atoms with Crippen molar-refractivity contribution in [2.75, 3.05) is 13.7 Å². The molecule has 7 heteroatoms. The zero-order chi connectivity index (χ0) is 22.5. The molecule has 0 saturated heterocycles. The molecule has 0 saturated carbocycles. The van der Waals surface area contributed by atoms with Crippen molar-refractivity contribution in [2.24, 2.45) is 5.92 Å². The quantitative estimate of drug-likeness (QED) is 0.666. The van der Waals surface area contributed by atoms with Crippen LogP contribution in [0, 0.1) is 5.92 Å². The monoisotopic (exact) mass is 424 g/mol. The summed E-state index contributed by atoms with van der Waals surface area (Å²) in [4.78, 5) is 36.6. The highest BCUT2D eigenvalue weighted by molar-refractivity contribution is 5.89. The number of benzene rings is 2. The summed E-state index contributed by atoms with van der Waals surface area (Å²) >= 11 is 0. The number of ether oxygens (including phenoxy) is 2. The molecule has 0 radical (unpaired) electrons. The molecule has 1 aliphatic carbocycles. The van der Waals surface area contributed by atoms with Gasteiger partial charge in [-0.3, -0.25) is 4.79 Å². The van der Waals surface area contributed by atoms with E-state index in [0.29, 0.717) is 0 Å². The zero-order valence-corrected chi connectivity index (χ0v) is 18.2. The SMILES string of the molecule is COC(=O)C(C)NC(=O)C(NC(=O)OCC1c2ccccc2-c2ccccc21)C(C)C. The smallest absolute Gasteiger partial charge is 0.407 e. The van der Waals surface area contributed by atoms with Crippen LogP contribution in [0.25, 0.3) is 11.1 Å². The molecule has 1 aliphatic rings. The van der Waals surface area contributed by atoms with Gasteiger partial charge in [0.25, 0.3) is 0 Å². The van der Waals surface area contributed by atoms with Gasteiger partial charge < -0.3 is 20.1 Å².